The van der Waals surface area contributed by atoms with Crippen LogP contribution < -0.4 is 5.32 Å². The summed E-state index contributed by atoms with van der Waals surface area (Å²) in [5.74, 6) is 0. The number of nitrogens with one attached hydrogen (secondary N) is 1. The Hall–Kier alpha value is -0.0900. The molecule has 0 aliphatic heterocycles. The van der Waals surface area contributed by atoms with Crippen molar-refractivity contribution in [1.82, 2.24) is 5.32 Å². The number of hydrogen-bond donors (Lipinski definition) is 1. The number of unbranched alkanes of at least 4 members (excludes halogenated alkanes) is 1. The van der Waals surface area contributed by atoms with Crippen LogP contribution in [0.3, 0.4) is 0 Å². The van der Waals surface area contributed by atoms with Gasteiger partial charge in [-0.05, 0) is 77.8 Å². The van der Waals surface area contributed by atoms with Gasteiger partial charge < -0.3 is 5.32 Å². The Morgan fingerprint density at radius 1 is 1.20 bits per heavy atom. The van der Waals surface area contributed by atoms with Gasteiger partial charge in [0.2, 0.25) is 0 Å². The lowest BCUT2D eigenvalue weighted by atomic mass is 9.75. The topological polar surface area (TPSA) is 12.0 Å². The molecule has 0 amide bonds. The largest absolute Gasteiger partial charge is 0.313 e. The van der Waals surface area contributed by atoms with Crippen LogP contribution in [0.25, 0.3) is 0 Å². The highest BCUT2D eigenvalue weighted by atomic mass is 127. The van der Waals surface area contributed by atoms with Gasteiger partial charge in [-0.15, -0.1) is 0 Å². The number of hydrogen-bond acceptors (Lipinski definition) is 1. The van der Waals surface area contributed by atoms with Crippen molar-refractivity contribution in [3.63, 3.8) is 0 Å². The Balaban J connectivity index is 2.03. The molecule has 1 aromatic rings. The van der Waals surface area contributed by atoms with Gasteiger partial charge in [-0.25, -0.2) is 0 Å². The first-order valence-electron chi connectivity index (χ1n) is 8.15. The first kappa shape index (κ1) is 16.3. The summed E-state index contributed by atoms with van der Waals surface area (Å²) in [5, 5.41) is 3.79. The van der Waals surface area contributed by atoms with Crippen molar-refractivity contribution in [1.29, 1.82) is 0 Å². The predicted octanol–water partition coefficient (Wildman–Crippen LogP) is 5.17. The van der Waals surface area contributed by atoms with E-state index in [1.54, 1.807) is 0 Å². The maximum Gasteiger partial charge on any atom is 0.0130 e. The standard InChI is InChI=1S/C18H28IN/c1-3-5-12-18(4-2,14-20-17-10-11-17)13-15-6-8-16(19)9-7-15/h6-9,17,20H,3-5,10-14H2,1-2H3. The molecule has 0 saturated heterocycles. The lowest BCUT2D eigenvalue weighted by molar-refractivity contribution is 0.228. The molecule has 0 spiro atoms. The molecule has 112 valence electrons. The van der Waals surface area contributed by atoms with Crippen LogP contribution >= 0.6 is 22.6 Å². The van der Waals surface area contributed by atoms with E-state index in [1.807, 2.05) is 0 Å². The molecule has 1 aliphatic rings. The van der Waals surface area contributed by atoms with Gasteiger partial charge >= 0.3 is 0 Å². The Morgan fingerprint density at radius 2 is 1.90 bits per heavy atom. The van der Waals surface area contributed by atoms with Crippen LogP contribution in [0.1, 0.15) is 57.9 Å². The molecule has 0 heterocycles. The van der Waals surface area contributed by atoms with Crippen molar-refractivity contribution in [2.45, 2.75) is 64.8 Å². The zero-order valence-corrected chi connectivity index (χ0v) is 15.1. The third-order valence-electron chi connectivity index (χ3n) is 4.65. The zero-order valence-electron chi connectivity index (χ0n) is 12.9. The summed E-state index contributed by atoms with van der Waals surface area (Å²) in [6.07, 6.45) is 9.28. The molecule has 1 atom stereocenters. The molecule has 1 aromatic carbocycles. The quantitative estimate of drug-likeness (QED) is 0.578. The maximum atomic E-state index is 3.79. The van der Waals surface area contributed by atoms with Crippen LogP contribution in [0.2, 0.25) is 0 Å². The summed E-state index contributed by atoms with van der Waals surface area (Å²) in [7, 11) is 0. The molecular weight excluding hydrogens is 357 g/mol. The first-order valence-corrected chi connectivity index (χ1v) is 9.23. The minimum Gasteiger partial charge on any atom is -0.313 e. The molecule has 2 heteroatoms. The fourth-order valence-electron chi connectivity index (χ4n) is 2.90. The van der Waals surface area contributed by atoms with Gasteiger partial charge in [0.15, 0.2) is 0 Å². The van der Waals surface area contributed by atoms with E-state index in [4.69, 9.17) is 0 Å². The summed E-state index contributed by atoms with van der Waals surface area (Å²) >= 11 is 2.39. The highest BCUT2D eigenvalue weighted by molar-refractivity contribution is 14.1. The van der Waals surface area contributed by atoms with Crippen molar-refractivity contribution >= 4 is 22.6 Å². The van der Waals surface area contributed by atoms with Gasteiger partial charge in [0.1, 0.15) is 0 Å². The average molecular weight is 385 g/mol. The second-order valence-electron chi connectivity index (χ2n) is 6.42. The van der Waals surface area contributed by atoms with Gasteiger partial charge in [0, 0.05) is 16.2 Å². The fourth-order valence-corrected chi connectivity index (χ4v) is 3.26. The summed E-state index contributed by atoms with van der Waals surface area (Å²) in [6.45, 7) is 5.87. The number of halogens is 1. The zero-order chi connectivity index (χ0) is 14.4. The predicted molar refractivity (Wildman–Crippen MR) is 96.1 cm³/mol. The highest BCUT2D eigenvalue weighted by Gasteiger charge is 2.31. The molecule has 1 aliphatic carbocycles. The van der Waals surface area contributed by atoms with Crippen LogP contribution in [-0.2, 0) is 6.42 Å². The normalized spacial score (nSPS) is 17.9. The number of benzene rings is 1. The SMILES string of the molecule is CCCCC(CC)(CNC1CC1)Cc1ccc(I)cc1. The summed E-state index contributed by atoms with van der Waals surface area (Å²) in [4.78, 5) is 0. The van der Waals surface area contributed by atoms with E-state index in [-0.39, 0.29) is 0 Å². The molecule has 1 nitrogen and oxygen atoms in total. The fraction of sp³-hybridized carbons (Fsp3) is 0.667. The van der Waals surface area contributed by atoms with Crippen molar-refractivity contribution in [3.05, 3.63) is 33.4 Å². The first-order chi connectivity index (χ1) is 9.67. The second-order valence-corrected chi connectivity index (χ2v) is 7.66. The van der Waals surface area contributed by atoms with E-state index in [1.165, 1.54) is 60.6 Å². The molecule has 0 bridgehead atoms. The molecule has 1 saturated carbocycles. The van der Waals surface area contributed by atoms with E-state index in [0.29, 0.717) is 5.41 Å². The Labute approximate surface area is 138 Å². The second kappa shape index (κ2) is 7.79. The smallest absolute Gasteiger partial charge is 0.0130 e. The van der Waals surface area contributed by atoms with Crippen LogP contribution in [0.4, 0.5) is 0 Å². The molecule has 1 fully saturated rings. The maximum absolute atomic E-state index is 3.79. The molecule has 1 unspecified atom stereocenters. The Morgan fingerprint density at radius 3 is 2.45 bits per heavy atom. The van der Waals surface area contributed by atoms with Gasteiger partial charge in [-0.2, -0.15) is 0 Å². The molecule has 1 N–H and O–H groups in total. The summed E-state index contributed by atoms with van der Waals surface area (Å²) in [6, 6.07) is 9.93. The minimum absolute atomic E-state index is 0.450. The third kappa shape index (κ3) is 5.03. The minimum atomic E-state index is 0.450. The van der Waals surface area contributed by atoms with Crippen molar-refractivity contribution in [3.8, 4) is 0 Å². The molecule has 0 aromatic heterocycles. The lowest BCUT2D eigenvalue weighted by Gasteiger charge is -2.34. The van der Waals surface area contributed by atoms with Crippen LogP contribution in [0.5, 0.6) is 0 Å². The summed E-state index contributed by atoms with van der Waals surface area (Å²) in [5.41, 5.74) is 1.95. The van der Waals surface area contributed by atoms with E-state index < -0.39 is 0 Å². The third-order valence-corrected chi connectivity index (χ3v) is 5.37. The van der Waals surface area contributed by atoms with E-state index in [0.717, 1.165) is 6.04 Å². The molecule has 0 radical (unpaired) electrons. The van der Waals surface area contributed by atoms with Crippen molar-refractivity contribution < 1.29 is 0 Å². The van der Waals surface area contributed by atoms with Gasteiger partial charge in [-0.3, -0.25) is 0 Å². The number of rotatable bonds is 9. The van der Waals surface area contributed by atoms with Crippen molar-refractivity contribution in [2.24, 2.45) is 5.41 Å². The van der Waals surface area contributed by atoms with Gasteiger partial charge in [0.05, 0.1) is 0 Å². The van der Waals surface area contributed by atoms with Crippen LogP contribution in [0, 0.1) is 8.99 Å². The lowest BCUT2D eigenvalue weighted by Crippen LogP contribution is -2.37. The Bertz CT molecular complexity index is 396. The molecular formula is C18H28IN. The van der Waals surface area contributed by atoms with Gasteiger partial charge in [-0.1, -0.05) is 38.8 Å². The van der Waals surface area contributed by atoms with Gasteiger partial charge in [0.25, 0.3) is 0 Å². The van der Waals surface area contributed by atoms with Crippen LogP contribution in [-0.4, -0.2) is 12.6 Å². The van der Waals surface area contributed by atoms with E-state index >= 15 is 0 Å². The molecule has 20 heavy (non-hydrogen) atoms. The molecule has 2 rings (SSSR count). The van der Waals surface area contributed by atoms with Crippen LogP contribution in [0.15, 0.2) is 24.3 Å². The highest BCUT2D eigenvalue weighted by Crippen LogP contribution is 2.34. The van der Waals surface area contributed by atoms with Crippen molar-refractivity contribution in [2.75, 3.05) is 6.54 Å². The van der Waals surface area contributed by atoms with E-state index in [9.17, 15) is 0 Å². The summed E-state index contributed by atoms with van der Waals surface area (Å²) < 4.78 is 1.33. The van der Waals surface area contributed by atoms with E-state index in [2.05, 4.69) is 66.0 Å². The Kier molecular flexibility index (Phi) is 6.34. The average Bonchev–Trinajstić information content (AvgIpc) is 3.29. The monoisotopic (exact) mass is 385 g/mol.